The molecule has 1 unspecified atom stereocenters. The van der Waals surface area contributed by atoms with Crippen LogP contribution in [-0.2, 0) is 9.53 Å². The first kappa shape index (κ1) is 16.2. The molecule has 7 nitrogen and oxygen atoms in total. The van der Waals surface area contributed by atoms with E-state index in [0.717, 1.165) is 25.9 Å². The fraction of sp³-hybridized carbons (Fsp3) is 0.800. The molecule has 3 rings (SSSR count). The monoisotopic (exact) mass is 326 g/mol. The van der Waals surface area contributed by atoms with Gasteiger partial charge >= 0.3 is 6.01 Å². The topological polar surface area (TPSA) is 80.5 Å². The Morgan fingerprint density at radius 2 is 2.30 bits per heavy atom. The van der Waals surface area contributed by atoms with Gasteiger partial charge in [0.15, 0.2) is 0 Å². The van der Waals surface area contributed by atoms with Gasteiger partial charge in [-0.15, -0.1) is 5.10 Å². The molecular weight excluding hydrogens is 303 g/mol. The fourth-order valence-electron chi connectivity index (χ4n) is 3.17. The number of amides is 1. The molecule has 0 aliphatic carbocycles. The molecule has 3 atom stereocenters. The average Bonchev–Trinajstić information content (AvgIpc) is 3.12. The fourth-order valence-corrected chi connectivity index (χ4v) is 3.17. The molecule has 1 amide bonds. The smallest absolute Gasteiger partial charge is 0.318 e. The normalized spacial score (nSPS) is 28.1. The van der Waals surface area contributed by atoms with Gasteiger partial charge in [-0.2, -0.15) is 0 Å². The van der Waals surface area contributed by atoms with Gasteiger partial charge in [-0.1, -0.05) is 5.10 Å². The number of carbonyl (C=O) groups is 1. The summed E-state index contributed by atoms with van der Waals surface area (Å²) in [4.78, 5) is 13.8. The maximum absolute atomic E-state index is 13.7. The molecule has 2 aliphatic heterocycles. The highest BCUT2D eigenvalue weighted by Crippen LogP contribution is 2.26. The van der Waals surface area contributed by atoms with E-state index in [1.807, 2.05) is 0 Å². The van der Waals surface area contributed by atoms with Crippen LogP contribution in [0.5, 0.6) is 0 Å². The SMILES string of the molecule is Cc1nnc(N2C[C@@H](F)C[C@H]2CNC(=O)CC2CCCCO2)o1. The molecule has 0 radical (unpaired) electrons. The van der Waals surface area contributed by atoms with Crippen molar-refractivity contribution in [2.24, 2.45) is 0 Å². The Labute approximate surface area is 134 Å². The molecule has 1 aromatic rings. The van der Waals surface area contributed by atoms with Crippen molar-refractivity contribution in [2.75, 3.05) is 24.6 Å². The Balaban J connectivity index is 1.50. The van der Waals surface area contributed by atoms with E-state index in [0.29, 0.717) is 31.3 Å². The van der Waals surface area contributed by atoms with Crippen LogP contribution >= 0.6 is 0 Å². The first-order valence-electron chi connectivity index (χ1n) is 8.21. The molecule has 3 heterocycles. The van der Waals surface area contributed by atoms with Gasteiger partial charge in [0.2, 0.25) is 11.8 Å². The first-order valence-corrected chi connectivity index (χ1v) is 8.21. The summed E-state index contributed by atoms with van der Waals surface area (Å²) in [5.74, 6) is 0.389. The van der Waals surface area contributed by atoms with Gasteiger partial charge in [0, 0.05) is 26.5 Å². The van der Waals surface area contributed by atoms with E-state index in [1.165, 1.54) is 0 Å². The van der Waals surface area contributed by atoms with Crippen molar-refractivity contribution in [3.05, 3.63) is 5.89 Å². The van der Waals surface area contributed by atoms with Gasteiger partial charge < -0.3 is 19.4 Å². The van der Waals surface area contributed by atoms with Crippen molar-refractivity contribution in [1.29, 1.82) is 0 Å². The van der Waals surface area contributed by atoms with Crippen LogP contribution in [0.3, 0.4) is 0 Å². The molecule has 1 N–H and O–H groups in total. The number of hydrogen-bond acceptors (Lipinski definition) is 6. The molecule has 0 bridgehead atoms. The average molecular weight is 326 g/mol. The summed E-state index contributed by atoms with van der Waals surface area (Å²) < 4.78 is 24.7. The maximum atomic E-state index is 13.7. The molecule has 0 aromatic carbocycles. The number of alkyl halides is 1. The van der Waals surface area contributed by atoms with Crippen molar-refractivity contribution in [3.8, 4) is 0 Å². The molecule has 1 aromatic heterocycles. The van der Waals surface area contributed by atoms with Crippen molar-refractivity contribution in [1.82, 2.24) is 15.5 Å². The zero-order valence-corrected chi connectivity index (χ0v) is 13.3. The minimum Gasteiger partial charge on any atom is -0.408 e. The third kappa shape index (κ3) is 4.19. The third-order valence-corrected chi connectivity index (χ3v) is 4.35. The Morgan fingerprint density at radius 1 is 1.43 bits per heavy atom. The van der Waals surface area contributed by atoms with E-state index in [2.05, 4.69) is 15.5 Å². The van der Waals surface area contributed by atoms with Crippen LogP contribution in [0, 0.1) is 6.92 Å². The second-order valence-corrected chi connectivity index (χ2v) is 6.24. The summed E-state index contributed by atoms with van der Waals surface area (Å²) in [5.41, 5.74) is 0. The zero-order valence-electron chi connectivity index (χ0n) is 13.3. The summed E-state index contributed by atoms with van der Waals surface area (Å²) in [5, 5.41) is 10.6. The van der Waals surface area contributed by atoms with E-state index in [4.69, 9.17) is 9.15 Å². The quantitative estimate of drug-likeness (QED) is 0.880. The number of anilines is 1. The van der Waals surface area contributed by atoms with Crippen LogP contribution in [-0.4, -0.2) is 54.1 Å². The second kappa shape index (κ2) is 7.25. The van der Waals surface area contributed by atoms with Gasteiger partial charge in [-0.05, 0) is 19.3 Å². The lowest BCUT2D eigenvalue weighted by Crippen LogP contribution is -2.41. The van der Waals surface area contributed by atoms with Gasteiger partial charge in [-0.25, -0.2) is 4.39 Å². The van der Waals surface area contributed by atoms with Crippen molar-refractivity contribution in [3.63, 3.8) is 0 Å². The largest absolute Gasteiger partial charge is 0.408 e. The van der Waals surface area contributed by atoms with Crippen molar-refractivity contribution in [2.45, 2.75) is 57.3 Å². The van der Waals surface area contributed by atoms with Crippen molar-refractivity contribution < 1.29 is 18.3 Å². The number of aromatic nitrogens is 2. The molecule has 8 heteroatoms. The predicted molar refractivity (Wildman–Crippen MR) is 80.9 cm³/mol. The Morgan fingerprint density at radius 3 is 3.00 bits per heavy atom. The van der Waals surface area contributed by atoms with E-state index in [9.17, 15) is 9.18 Å². The maximum Gasteiger partial charge on any atom is 0.318 e. The number of nitrogens with zero attached hydrogens (tertiary/aromatic N) is 3. The highest BCUT2D eigenvalue weighted by atomic mass is 19.1. The van der Waals surface area contributed by atoms with E-state index in [1.54, 1.807) is 11.8 Å². The number of halogens is 1. The predicted octanol–water partition coefficient (Wildman–Crippen LogP) is 1.37. The Kier molecular flexibility index (Phi) is 5.09. The molecule has 2 saturated heterocycles. The van der Waals surface area contributed by atoms with Gasteiger partial charge in [0.25, 0.3) is 0 Å². The summed E-state index contributed by atoms with van der Waals surface area (Å²) in [6.45, 7) is 3.01. The molecule has 23 heavy (non-hydrogen) atoms. The van der Waals surface area contributed by atoms with E-state index in [-0.39, 0.29) is 24.6 Å². The third-order valence-electron chi connectivity index (χ3n) is 4.35. The van der Waals surface area contributed by atoms with E-state index >= 15 is 0 Å². The number of aryl methyl sites for hydroxylation is 1. The molecular formula is C15H23FN4O3. The minimum absolute atomic E-state index is 0.0101. The zero-order chi connectivity index (χ0) is 16.2. The lowest BCUT2D eigenvalue weighted by Gasteiger charge is -2.24. The Bertz CT molecular complexity index is 533. The molecule has 0 saturated carbocycles. The van der Waals surface area contributed by atoms with Crippen LogP contribution in [0.15, 0.2) is 4.42 Å². The highest BCUT2D eigenvalue weighted by molar-refractivity contribution is 5.76. The molecule has 2 aliphatic rings. The van der Waals surface area contributed by atoms with Crippen LogP contribution in [0.2, 0.25) is 0 Å². The summed E-state index contributed by atoms with van der Waals surface area (Å²) in [7, 11) is 0. The van der Waals surface area contributed by atoms with E-state index < -0.39 is 6.17 Å². The lowest BCUT2D eigenvalue weighted by molar-refractivity contribution is -0.124. The van der Waals surface area contributed by atoms with Crippen LogP contribution in [0.4, 0.5) is 10.4 Å². The van der Waals surface area contributed by atoms with Crippen LogP contribution in [0.25, 0.3) is 0 Å². The minimum atomic E-state index is -0.953. The number of nitrogens with one attached hydrogen (secondary N) is 1. The number of ether oxygens (including phenoxy) is 1. The highest BCUT2D eigenvalue weighted by Gasteiger charge is 2.35. The standard InChI is InChI=1S/C15H23FN4O3/c1-10-18-19-15(23-10)20-9-11(16)6-12(20)8-17-14(21)7-13-4-2-3-5-22-13/h11-13H,2-9H2,1H3,(H,17,21)/t11-,12-,13?/m0/s1. The lowest BCUT2D eigenvalue weighted by atomic mass is 10.1. The van der Waals surface area contributed by atoms with Crippen LogP contribution in [0.1, 0.15) is 38.0 Å². The summed E-state index contributed by atoms with van der Waals surface area (Å²) in [6, 6.07) is 0.151. The summed E-state index contributed by atoms with van der Waals surface area (Å²) in [6.07, 6.45) is 2.87. The number of hydrogen-bond donors (Lipinski definition) is 1. The first-order chi connectivity index (χ1) is 11.1. The second-order valence-electron chi connectivity index (χ2n) is 6.24. The van der Waals surface area contributed by atoms with Crippen LogP contribution < -0.4 is 10.2 Å². The summed E-state index contributed by atoms with van der Waals surface area (Å²) >= 11 is 0. The molecule has 2 fully saturated rings. The van der Waals surface area contributed by atoms with Gasteiger partial charge in [0.1, 0.15) is 6.17 Å². The molecule has 128 valence electrons. The van der Waals surface area contributed by atoms with Gasteiger partial charge in [0.05, 0.1) is 25.1 Å². The number of rotatable bonds is 5. The molecule has 0 spiro atoms. The number of carbonyl (C=O) groups excluding carboxylic acids is 1. The Hall–Kier alpha value is -1.70. The van der Waals surface area contributed by atoms with Crippen molar-refractivity contribution >= 4 is 11.9 Å². The van der Waals surface area contributed by atoms with Gasteiger partial charge in [-0.3, -0.25) is 4.79 Å².